The lowest BCUT2D eigenvalue weighted by molar-refractivity contribution is -0.241. The summed E-state index contributed by atoms with van der Waals surface area (Å²) < 4.78 is 53.3. The highest BCUT2D eigenvalue weighted by Crippen LogP contribution is 2.44. The fourth-order valence-electron chi connectivity index (χ4n) is 2.03. The van der Waals surface area contributed by atoms with Gasteiger partial charge in [0.2, 0.25) is 0 Å². The van der Waals surface area contributed by atoms with Crippen LogP contribution in [0.25, 0.3) is 10.8 Å². The van der Waals surface area contributed by atoms with E-state index in [0.717, 1.165) is 9.86 Å². The fourth-order valence-corrected chi connectivity index (χ4v) is 2.41. The second kappa shape index (κ2) is 5.42. The van der Waals surface area contributed by atoms with E-state index in [2.05, 4.69) is 22.5 Å². The third-order valence-electron chi connectivity index (χ3n) is 3.27. The zero-order chi connectivity index (χ0) is 15.8. The molecule has 112 valence electrons. The number of aliphatic hydroxyl groups excluding tert-OH is 1. The van der Waals surface area contributed by atoms with E-state index in [1.807, 2.05) is 0 Å². The van der Waals surface area contributed by atoms with Crippen LogP contribution in [-0.2, 0) is 0 Å². The van der Waals surface area contributed by atoms with E-state index in [0.29, 0.717) is 5.39 Å². The molecule has 0 saturated carbocycles. The van der Waals surface area contributed by atoms with Crippen LogP contribution in [0.15, 0.2) is 53.5 Å². The Kier molecular flexibility index (Phi) is 4.13. The molecule has 1 nitrogen and oxygen atoms in total. The first-order valence-corrected chi connectivity index (χ1v) is 6.75. The number of benzene rings is 2. The van der Waals surface area contributed by atoms with E-state index in [1.54, 1.807) is 18.2 Å². The molecule has 0 radical (unpaired) electrons. The van der Waals surface area contributed by atoms with Crippen LogP contribution >= 0.6 is 15.9 Å². The molecule has 6 heteroatoms. The smallest absolute Gasteiger partial charge is 0.384 e. The molecule has 0 aliphatic heterocycles. The van der Waals surface area contributed by atoms with Crippen LogP contribution in [0, 0.1) is 0 Å². The van der Waals surface area contributed by atoms with Crippen molar-refractivity contribution in [3.63, 3.8) is 0 Å². The van der Waals surface area contributed by atoms with Gasteiger partial charge in [-0.1, -0.05) is 40.7 Å². The highest BCUT2D eigenvalue weighted by Gasteiger charge is 2.59. The van der Waals surface area contributed by atoms with Crippen LogP contribution in [-0.4, -0.2) is 17.0 Å². The Bertz CT molecular complexity index is 683. The highest BCUT2D eigenvalue weighted by molar-refractivity contribution is 9.10. The van der Waals surface area contributed by atoms with Crippen LogP contribution in [0.1, 0.15) is 11.7 Å². The molecule has 0 spiro atoms. The van der Waals surface area contributed by atoms with Crippen molar-refractivity contribution < 1.29 is 22.7 Å². The maximum absolute atomic E-state index is 14.1. The van der Waals surface area contributed by atoms with Crippen LogP contribution in [0.5, 0.6) is 0 Å². The summed E-state index contributed by atoms with van der Waals surface area (Å²) in [6, 6.07) is 9.26. The molecule has 0 fully saturated rings. The number of alkyl halides is 4. The molecule has 2 rings (SSSR count). The Balaban J connectivity index is 2.50. The minimum absolute atomic E-state index is 0.0868. The molecule has 0 aliphatic rings. The maximum atomic E-state index is 14.1. The first kappa shape index (κ1) is 16.0. The lowest BCUT2D eigenvalue weighted by Crippen LogP contribution is -2.44. The topological polar surface area (TPSA) is 20.2 Å². The number of aliphatic hydroxyl groups is 1. The predicted octanol–water partition coefficient (Wildman–Crippen LogP) is 5.09. The van der Waals surface area contributed by atoms with Crippen LogP contribution < -0.4 is 0 Å². The third-order valence-corrected chi connectivity index (χ3v) is 3.76. The van der Waals surface area contributed by atoms with Crippen molar-refractivity contribution in [2.45, 2.75) is 17.9 Å². The fraction of sp³-hybridized carbons (Fsp3) is 0.200. The number of fused-ring (bicyclic) bond motifs is 1. The maximum Gasteiger partial charge on any atom is 0.429 e. The molecule has 2 aromatic carbocycles. The van der Waals surface area contributed by atoms with Crippen molar-refractivity contribution in [3.05, 3.63) is 59.1 Å². The third kappa shape index (κ3) is 2.82. The Labute approximate surface area is 127 Å². The van der Waals surface area contributed by atoms with Crippen LogP contribution in [0.2, 0.25) is 0 Å². The molecule has 21 heavy (non-hydrogen) atoms. The standard InChI is InChI=1S/C15H11BrF4O/c1-2-14(17,15(18,19)20)13(21)11-4-3-10-8-12(16)6-5-9(10)7-11/h2-8,13,21H,1H2/t13-,14+/m0/s1. The summed E-state index contributed by atoms with van der Waals surface area (Å²) in [5, 5.41) is 11.2. The van der Waals surface area contributed by atoms with E-state index < -0.39 is 17.9 Å². The molecule has 0 aromatic heterocycles. The highest BCUT2D eigenvalue weighted by atomic mass is 79.9. The predicted molar refractivity (Wildman–Crippen MR) is 76.7 cm³/mol. The zero-order valence-electron chi connectivity index (χ0n) is 10.7. The monoisotopic (exact) mass is 362 g/mol. The van der Waals surface area contributed by atoms with Crippen LogP contribution in [0.3, 0.4) is 0 Å². The first-order chi connectivity index (χ1) is 9.69. The van der Waals surface area contributed by atoms with Gasteiger partial charge in [-0.3, -0.25) is 0 Å². The largest absolute Gasteiger partial charge is 0.429 e. The summed E-state index contributed by atoms with van der Waals surface area (Å²) in [4.78, 5) is 0. The number of halogens is 5. The molecule has 2 atom stereocenters. The lowest BCUT2D eigenvalue weighted by atomic mass is 9.91. The average Bonchev–Trinajstić information content (AvgIpc) is 2.43. The zero-order valence-corrected chi connectivity index (χ0v) is 12.2. The van der Waals surface area contributed by atoms with E-state index >= 15 is 0 Å². The molecule has 0 aliphatic carbocycles. The quantitative estimate of drug-likeness (QED) is 0.595. The molecule has 0 bridgehead atoms. The molecule has 0 saturated heterocycles. The number of hydrogen-bond donors (Lipinski definition) is 1. The second-order valence-electron chi connectivity index (χ2n) is 4.62. The number of hydrogen-bond acceptors (Lipinski definition) is 1. The Hall–Kier alpha value is -1.40. The first-order valence-electron chi connectivity index (χ1n) is 5.95. The molecule has 0 heterocycles. The Morgan fingerprint density at radius 3 is 2.19 bits per heavy atom. The van der Waals surface area contributed by atoms with E-state index in [4.69, 9.17) is 0 Å². The summed E-state index contributed by atoms with van der Waals surface area (Å²) in [5.41, 5.74) is -4.06. The van der Waals surface area contributed by atoms with E-state index in [1.165, 1.54) is 18.2 Å². The second-order valence-corrected chi connectivity index (χ2v) is 5.54. The van der Waals surface area contributed by atoms with Gasteiger partial charge in [0.1, 0.15) is 6.10 Å². The van der Waals surface area contributed by atoms with Gasteiger partial charge in [-0.15, -0.1) is 0 Å². The molecular weight excluding hydrogens is 352 g/mol. The summed E-state index contributed by atoms with van der Waals surface area (Å²) in [5.74, 6) is 0. The van der Waals surface area contributed by atoms with Crippen molar-refractivity contribution in [3.8, 4) is 0 Å². The Morgan fingerprint density at radius 1 is 1.05 bits per heavy atom. The van der Waals surface area contributed by atoms with Crippen molar-refractivity contribution >= 4 is 26.7 Å². The van der Waals surface area contributed by atoms with Crippen molar-refractivity contribution in [2.24, 2.45) is 0 Å². The van der Waals surface area contributed by atoms with Gasteiger partial charge >= 0.3 is 6.18 Å². The van der Waals surface area contributed by atoms with Gasteiger partial charge in [0, 0.05) is 4.47 Å². The van der Waals surface area contributed by atoms with E-state index in [9.17, 15) is 22.7 Å². The van der Waals surface area contributed by atoms with Crippen molar-refractivity contribution in [2.75, 3.05) is 0 Å². The summed E-state index contributed by atoms with van der Waals surface area (Å²) >= 11 is 3.28. The SMILES string of the molecule is C=C[C@@](F)([C@@H](O)c1ccc2cc(Br)ccc2c1)C(F)(F)F. The summed E-state index contributed by atoms with van der Waals surface area (Å²) in [6.07, 6.45) is -7.53. The van der Waals surface area contributed by atoms with Crippen molar-refractivity contribution in [1.82, 2.24) is 0 Å². The molecule has 1 N–H and O–H groups in total. The molecule has 0 unspecified atom stereocenters. The van der Waals surface area contributed by atoms with Crippen molar-refractivity contribution in [1.29, 1.82) is 0 Å². The summed E-state index contributed by atoms with van der Waals surface area (Å²) in [7, 11) is 0. The van der Waals surface area contributed by atoms with E-state index in [-0.39, 0.29) is 11.6 Å². The van der Waals surface area contributed by atoms with Gasteiger partial charge in [0.05, 0.1) is 0 Å². The molecule has 0 amide bonds. The Morgan fingerprint density at radius 2 is 1.62 bits per heavy atom. The normalized spacial score (nSPS) is 16.5. The van der Waals surface area contributed by atoms with Gasteiger partial charge in [0.25, 0.3) is 5.67 Å². The molecular formula is C15H11BrF4O. The summed E-state index contributed by atoms with van der Waals surface area (Å²) in [6.45, 7) is 2.86. The minimum Gasteiger partial charge on any atom is -0.384 e. The van der Waals surface area contributed by atoms with Crippen LogP contribution in [0.4, 0.5) is 17.6 Å². The minimum atomic E-state index is -5.25. The van der Waals surface area contributed by atoms with Gasteiger partial charge in [-0.2, -0.15) is 13.2 Å². The van der Waals surface area contributed by atoms with Gasteiger partial charge in [-0.25, -0.2) is 4.39 Å². The molecule has 2 aromatic rings. The van der Waals surface area contributed by atoms with Gasteiger partial charge < -0.3 is 5.11 Å². The van der Waals surface area contributed by atoms with Gasteiger partial charge in [-0.05, 0) is 40.6 Å². The number of rotatable bonds is 3. The van der Waals surface area contributed by atoms with Gasteiger partial charge in [0.15, 0.2) is 0 Å². The average molecular weight is 363 g/mol. The lowest BCUT2D eigenvalue weighted by Gasteiger charge is -2.29.